The number of benzene rings is 1. The van der Waals surface area contributed by atoms with Crippen molar-refractivity contribution in [1.82, 2.24) is 4.90 Å². The molecule has 0 amide bonds. The minimum absolute atomic E-state index is 0.624. The maximum absolute atomic E-state index is 11.1. The molecule has 272 valence electrons. The lowest BCUT2D eigenvalue weighted by molar-refractivity contribution is -0.388. The number of hydrogen-bond donors (Lipinski definition) is 10. The third-order valence-corrected chi connectivity index (χ3v) is 9.43. The molecule has 16 heteroatoms. The van der Waals surface area contributed by atoms with Crippen molar-refractivity contribution >= 4 is 0 Å². The number of hydrogen-bond acceptors (Lipinski definition) is 16. The average Bonchev–Trinajstić information content (AvgIpc) is 3.37. The molecule has 4 aliphatic heterocycles. The standard InChI is InChI=1S/C33H45NO15/c1-2-17-6-8-18(9-7-17)10-11-19(34-12-4-3-5-13-34)29-26(41)25(40)27(42)31(47-29)45-15-21-22(37)24(39)28(43)32(46-21)49-33(16-36)30(44)23(38)20(14-35)48-33/h1,6-9,19-32,35-44H,3-5,12-16H2/t19?,20-,21-,22-,23-,24+,25+,26-,27-,28-,29-,30+,31+,32-,33+/m1/s1. The van der Waals surface area contributed by atoms with Gasteiger partial charge >= 0.3 is 0 Å². The summed E-state index contributed by atoms with van der Waals surface area (Å²) in [6.45, 7) is -1.15. The summed E-state index contributed by atoms with van der Waals surface area (Å²) in [7, 11) is 0. The third-order valence-electron chi connectivity index (χ3n) is 9.43. The summed E-state index contributed by atoms with van der Waals surface area (Å²) in [5.74, 6) is 6.38. The summed E-state index contributed by atoms with van der Waals surface area (Å²) in [5.41, 5.74) is 1.33. The summed E-state index contributed by atoms with van der Waals surface area (Å²) in [4.78, 5) is 2.02. The van der Waals surface area contributed by atoms with E-state index in [0.717, 1.165) is 19.3 Å². The predicted molar refractivity (Wildman–Crippen MR) is 165 cm³/mol. The van der Waals surface area contributed by atoms with E-state index in [0.29, 0.717) is 24.2 Å². The largest absolute Gasteiger partial charge is 0.394 e. The van der Waals surface area contributed by atoms with Gasteiger partial charge in [0.2, 0.25) is 5.79 Å². The molecule has 0 spiro atoms. The highest BCUT2D eigenvalue weighted by molar-refractivity contribution is 5.41. The molecular weight excluding hydrogens is 650 g/mol. The van der Waals surface area contributed by atoms with Crippen LogP contribution in [0.5, 0.6) is 0 Å². The molecular formula is C33H45NO15. The highest BCUT2D eigenvalue weighted by atomic mass is 16.8. The second-order valence-electron chi connectivity index (χ2n) is 12.7. The third kappa shape index (κ3) is 7.96. The van der Waals surface area contributed by atoms with E-state index in [9.17, 15) is 51.1 Å². The van der Waals surface area contributed by atoms with Crippen molar-refractivity contribution in [3.8, 4) is 24.2 Å². The molecule has 1 aromatic rings. The van der Waals surface area contributed by atoms with Crippen molar-refractivity contribution in [2.75, 3.05) is 32.9 Å². The van der Waals surface area contributed by atoms with Gasteiger partial charge in [-0.15, -0.1) is 6.42 Å². The second kappa shape index (κ2) is 16.4. The van der Waals surface area contributed by atoms with Gasteiger partial charge in [0, 0.05) is 11.1 Å². The van der Waals surface area contributed by atoms with Gasteiger partial charge in [0.25, 0.3) is 0 Å². The highest BCUT2D eigenvalue weighted by Crippen LogP contribution is 2.36. The number of aliphatic hydroxyl groups excluding tert-OH is 10. The first-order valence-corrected chi connectivity index (χ1v) is 16.2. The molecule has 5 rings (SSSR count). The van der Waals surface area contributed by atoms with Gasteiger partial charge in [0.15, 0.2) is 12.6 Å². The Morgan fingerprint density at radius 2 is 1.41 bits per heavy atom. The van der Waals surface area contributed by atoms with E-state index in [4.69, 9.17) is 30.1 Å². The highest BCUT2D eigenvalue weighted by Gasteiger charge is 2.58. The quantitative estimate of drug-likeness (QED) is 0.109. The summed E-state index contributed by atoms with van der Waals surface area (Å²) < 4.78 is 28.3. The van der Waals surface area contributed by atoms with Crippen LogP contribution in [0.1, 0.15) is 30.4 Å². The molecule has 1 unspecified atom stereocenters. The fourth-order valence-corrected chi connectivity index (χ4v) is 6.46. The molecule has 10 N–H and O–H groups in total. The number of nitrogens with zero attached hydrogens (tertiary/aromatic N) is 1. The molecule has 49 heavy (non-hydrogen) atoms. The average molecular weight is 696 g/mol. The smallest absolute Gasteiger partial charge is 0.224 e. The van der Waals surface area contributed by atoms with Crippen molar-refractivity contribution in [1.29, 1.82) is 0 Å². The molecule has 0 radical (unpaired) electrons. The zero-order valence-corrected chi connectivity index (χ0v) is 26.6. The topological polar surface area (TPSA) is 252 Å². The normalized spacial score (nSPS) is 42.2. The van der Waals surface area contributed by atoms with Crippen molar-refractivity contribution < 1.29 is 74.7 Å². The molecule has 1 aromatic carbocycles. The SMILES string of the molecule is C#Cc1ccc(C#CC([C@H]2O[C@H](OC[C@H]3O[C@H](O[C@]4(CO)O[C@H](CO)[C@@H](O)[C@@H]4O)[C@H](O)[C@@H](O)[C@@H]3O)[C@H](O)[C@@H](O)[C@H]2O)N2CCCCC2)cc1. The lowest BCUT2D eigenvalue weighted by Gasteiger charge is -2.46. The fraction of sp³-hybridized carbons (Fsp3) is 0.697. The van der Waals surface area contributed by atoms with E-state index in [-0.39, 0.29) is 0 Å². The Hall–Kier alpha value is -2.30. The Labute approximate surface area is 283 Å². The molecule has 4 saturated heterocycles. The lowest BCUT2D eigenvalue weighted by Crippen LogP contribution is -2.65. The Kier molecular flexibility index (Phi) is 12.7. The van der Waals surface area contributed by atoms with Crippen molar-refractivity contribution in [2.45, 2.75) is 111 Å². The van der Waals surface area contributed by atoms with E-state index in [1.807, 2.05) is 4.90 Å². The Morgan fingerprint density at radius 1 is 0.776 bits per heavy atom. The van der Waals surface area contributed by atoms with Crippen LogP contribution in [-0.4, -0.2) is 180 Å². The predicted octanol–water partition coefficient (Wildman–Crippen LogP) is -4.68. The number of piperidine rings is 1. The van der Waals surface area contributed by atoms with Gasteiger partial charge in [0.05, 0.1) is 13.2 Å². The van der Waals surface area contributed by atoms with Crippen LogP contribution in [0.4, 0.5) is 0 Å². The van der Waals surface area contributed by atoms with Crippen molar-refractivity contribution in [3.63, 3.8) is 0 Å². The van der Waals surface area contributed by atoms with Crippen molar-refractivity contribution in [3.05, 3.63) is 35.4 Å². The van der Waals surface area contributed by atoms with E-state index >= 15 is 0 Å². The van der Waals surface area contributed by atoms with Crippen LogP contribution < -0.4 is 0 Å². The summed E-state index contributed by atoms with van der Waals surface area (Å²) in [5, 5.41) is 105. The molecule has 16 nitrogen and oxygen atoms in total. The molecule has 4 heterocycles. The number of likely N-dealkylation sites (tertiary alicyclic amines) is 1. The minimum atomic E-state index is -2.38. The fourth-order valence-electron chi connectivity index (χ4n) is 6.46. The van der Waals surface area contributed by atoms with Gasteiger partial charge in [-0.05, 0) is 50.2 Å². The van der Waals surface area contributed by atoms with E-state index < -0.39 is 111 Å². The first-order chi connectivity index (χ1) is 23.4. The first kappa shape index (κ1) is 37.9. The maximum atomic E-state index is 11.1. The molecule has 0 aliphatic carbocycles. The van der Waals surface area contributed by atoms with Crippen LogP contribution in [0.15, 0.2) is 24.3 Å². The Balaban J connectivity index is 1.31. The van der Waals surface area contributed by atoms with Crippen LogP contribution >= 0.6 is 0 Å². The molecule has 0 saturated carbocycles. The molecule has 15 atom stereocenters. The van der Waals surface area contributed by atoms with E-state index in [1.54, 1.807) is 24.3 Å². The number of aliphatic hydroxyl groups is 10. The minimum Gasteiger partial charge on any atom is -0.394 e. The van der Waals surface area contributed by atoms with Crippen molar-refractivity contribution in [2.24, 2.45) is 0 Å². The Morgan fingerprint density at radius 3 is 2.02 bits per heavy atom. The molecule has 0 aromatic heterocycles. The van der Waals surface area contributed by atoms with E-state index in [2.05, 4.69) is 17.8 Å². The summed E-state index contributed by atoms with van der Waals surface area (Å²) >= 11 is 0. The number of rotatable bonds is 9. The number of terminal acetylenes is 1. The zero-order chi connectivity index (χ0) is 35.5. The Bertz CT molecular complexity index is 1330. The van der Waals surface area contributed by atoms with Gasteiger partial charge in [-0.3, -0.25) is 4.90 Å². The van der Waals surface area contributed by atoms with Crippen LogP contribution in [0.3, 0.4) is 0 Å². The lowest BCUT2D eigenvalue weighted by atomic mass is 9.92. The van der Waals surface area contributed by atoms with Gasteiger partial charge in [0.1, 0.15) is 79.8 Å². The zero-order valence-electron chi connectivity index (χ0n) is 26.6. The maximum Gasteiger partial charge on any atom is 0.224 e. The van der Waals surface area contributed by atoms with Crippen LogP contribution in [0.2, 0.25) is 0 Å². The number of ether oxygens (including phenoxy) is 5. The van der Waals surface area contributed by atoms with Gasteiger partial charge in [-0.1, -0.05) is 24.2 Å². The second-order valence-corrected chi connectivity index (χ2v) is 12.7. The molecule has 4 fully saturated rings. The van der Waals surface area contributed by atoms with Crippen LogP contribution in [-0.2, 0) is 23.7 Å². The van der Waals surface area contributed by atoms with Gasteiger partial charge in [-0.25, -0.2) is 0 Å². The molecule has 4 aliphatic rings. The van der Waals surface area contributed by atoms with Gasteiger partial charge < -0.3 is 74.7 Å². The monoisotopic (exact) mass is 695 g/mol. The van der Waals surface area contributed by atoms with Crippen LogP contribution in [0, 0.1) is 24.2 Å². The summed E-state index contributed by atoms with van der Waals surface area (Å²) in [6.07, 6.45) is -13.6. The molecule has 0 bridgehead atoms. The first-order valence-electron chi connectivity index (χ1n) is 16.2. The van der Waals surface area contributed by atoms with Gasteiger partial charge in [-0.2, -0.15) is 0 Å². The summed E-state index contributed by atoms with van der Waals surface area (Å²) in [6, 6.07) is 6.25. The van der Waals surface area contributed by atoms with E-state index in [1.165, 1.54) is 0 Å². The van der Waals surface area contributed by atoms with Crippen LogP contribution in [0.25, 0.3) is 0 Å².